The second-order valence-electron chi connectivity index (χ2n) is 2.43. The average Bonchev–Trinajstić information content (AvgIpc) is 2.55. The van der Waals surface area contributed by atoms with E-state index in [1.165, 1.54) is 6.26 Å². The highest BCUT2D eigenvalue weighted by Gasteiger charge is 2.12. The van der Waals surface area contributed by atoms with Crippen molar-refractivity contribution in [1.82, 2.24) is 10.3 Å². The van der Waals surface area contributed by atoms with Crippen LogP contribution in [0.1, 0.15) is 23.8 Å². The molecule has 1 amide bonds. The maximum absolute atomic E-state index is 11.2. The van der Waals surface area contributed by atoms with Crippen LogP contribution in [0.5, 0.6) is 0 Å². The van der Waals surface area contributed by atoms with Gasteiger partial charge in [-0.15, -0.1) is 0 Å². The zero-order valence-electron chi connectivity index (χ0n) is 7.24. The van der Waals surface area contributed by atoms with Crippen molar-refractivity contribution in [2.45, 2.75) is 13.3 Å². The van der Waals surface area contributed by atoms with Crippen LogP contribution in [0.25, 0.3) is 0 Å². The number of hydrogen-bond acceptors (Lipinski definition) is 4. The van der Waals surface area contributed by atoms with E-state index in [0.29, 0.717) is 6.54 Å². The van der Waals surface area contributed by atoms with Crippen LogP contribution in [0.2, 0.25) is 0 Å². The fraction of sp³-hybridized carbons (Fsp3) is 0.375. The van der Waals surface area contributed by atoms with Crippen molar-refractivity contribution in [3.63, 3.8) is 0 Å². The number of carbonyl (C=O) groups excluding carboxylic acids is 2. The summed E-state index contributed by atoms with van der Waals surface area (Å²) in [5, 5.41) is 2.52. The molecule has 0 aromatic carbocycles. The van der Waals surface area contributed by atoms with Gasteiger partial charge in [0.15, 0.2) is 12.2 Å². The minimum atomic E-state index is -0.334. The summed E-state index contributed by atoms with van der Waals surface area (Å²) in [4.78, 5) is 25.8. The van der Waals surface area contributed by atoms with Gasteiger partial charge in [-0.2, -0.15) is 0 Å². The Labute approximate surface area is 75.1 Å². The molecule has 0 aliphatic carbocycles. The fourth-order valence-electron chi connectivity index (χ4n) is 0.846. The number of aromatic nitrogens is 1. The van der Waals surface area contributed by atoms with Gasteiger partial charge in [-0.25, -0.2) is 4.98 Å². The van der Waals surface area contributed by atoms with Gasteiger partial charge in [0, 0.05) is 6.54 Å². The van der Waals surface area contributed by atoms with Crippen LogP contribution < -0.4 is 5.32 Å². The molecule has 0 spiro atoms. The van der Waals surface area contributed by atoms with E-state index in [9.17, 15) is 9.59 Å². The van der Waals surface area contributed by atoms with Crippen LogP contribution in [0.3, 0.4) is 0 Å². The molecule has 0 unspecified atom stereocenters. The molecule has 0 radical (unpaired) electrons. The molecule has 0 atom stereocenters. The second kappa shape index (κ2) is 4.39. The maximum Gasteiger partial charge on any atom is 0.227 e. The summed E-state index contributed by atoms with van der Waals surface area (Å²) in [6, 6.07) is 0. The van der Waals surface area contributed by atoms with Gasteiger partial charge in [0.1, 0.15) is 12.0 Å². The Bertz CT molecular complexity index is 292. The third kappa shape index (κ3) is 2.70. The van der Waals surface area contributed by atoms with Crippen molar-refractivity contribution < 1.29 is 14.0 Å². The topological polar surface area (TPSA) is 72.2 Å². The van der Waals surface area contributed by atoms with Gasteiger partial charge in [-0.1, -0.05) is 0 Å². The van der Waals surface area contributed by atoms with E-state index >= 15 is 0 Å². The highest BCUT2D eigenvalue weighted by Crippen LogP contribution is 1.99. The molecule has 5 heteroatoms. The Morgan fingerprint density at radius 3 is 2.92 bits per heavy atom. The molecule has 0 saturated carbocycles. The standard InChI is InChI=1S/C8H10N2O3/c1-2-9-8(12)3-7(11)6-4-13-5-10-6/h4-5H,2-3H2,1H3,(H,9,12). The number of rotatable bonds is 4. The number of carbonyl (C=O) groups is 2. The van der Waals surface area contributed by atoms with E-state index < -0.39 is 0 Å². The predicted octanol–water partition coefficient (Wildman–Crippen LogP) is 0.384. The molecular formula is C8H10N2O3. The SMILES string of the molecule is CCNC(=O)CC(=O)c1cocn1. The number of oxazole rings is 1. The first-order chi connectivity index (χ1) is 6.24. The highest BCUT2D eigenvalue weighted by atomic mass is 16.3. The summed E-state index contributed by atoms with van der Waals surface area (Å²) >= 11 is 0. The molecule has 1 heterocycles. The normalized spacial score (nSPS) is 9.62. The van der Waals surface area contributed by atoms with Crippen molar-refractivity contribution in [3.05, 3.63) is 18.4 Å². The lowest BCUT2D eigenvalue weighted by atomic mass is 10.2. The van der Waals surface area contributed by atoms with Gasteiger partial charge in [-0.05, 0) is 6.92 Å². The lowest BCUT2D eigenvalue weighted by Crippen LogP contribution is -2.25. The summed E-state index contributed by atoms with van der Waals surface area (Å²) in [6.45, 7) is 2.31. The Balaban J connectivity index is 2.47. The number of Topliss-reactive ketones (excluding diaryl/α,β-unsaturated/α-hetero) is 1. The predicted molar refractivity (Wildman–Crippen MR) is 44.1 cm³/mol. The highest BCUT2D eigenvalue weighted by molar-refractivity contribution is 6.06. The lowest BCUT2D eigenvalue weighted by Gasteiger charge is -1.98. The van der Waals surface area contributed by atoms with Gasteiger partial charge in [-0.3, -0.25) is 9.59 Å². The van der Waals surface area contributed by atoms with Crippen LogP contribution in [-0.2, 0) is 4.79 Å². The van der Waals surface area contributed by atoms with Crippen LogP contribution in [0.15, 0.2) is 17.1 Å². The van der Waals surface area contributed by atoms with E-state index in [4.69, 9.17) is 0 Å². The number of nitrogens with zero attached hydrogens (tertiary/aromatic N) is 1. The summed E-state index contributed by atoms with van der Waals surface area (Å²) in [5.74, 6) is -0.629. The molecule has 0 aliphatic rings. The van der Waals surface area contributed by atoms with Gasteiger partial charge in [0.05, 0.1) is 6.42 Å². The van der Waals surface area contributed by atoms with Crippen LogP contribution in [0, 0.1) is 0 Å². The zero-order valence-corrected chi connectivity index (χ0v) is 7.24. The first-order valence-corrected chi connectivity index (χ1v) is 3.92. The quantitative estimate of drug-likeness (QED) is 0.539. The third-order valence-electron chi connectivity index (χ3n) is 1.41. The third-order valence-corrected chi connectivity index (χ3v) is 1.41. The number of nitrogens with one attached hydrogen (secondary N) is 1. The molecule has 13 heavy (non-hydrogen) atoms. The second-order valence-corrected chi connectivity index (χ2v) is 2.43. The van der Waals surface area contributed by atoms with E-state index in [0.717, 1.165) is 6.39 Å². The van der Waals surface area contributed by atoms with E-state index in [-0.39, 0.29) is 23.8 Å². The number of hydrogen-bond donors (Lipinski definition) is 1. The van der Waals surface area contributed by atoms with Crippen molar-refractivity contribution in [2.75, 3.05) is 6.54 Å². The van der Waals surface area contributed by atoms with Gasteiger partial charge in [0.25, 0.3) is 0 Å². The molecule has 0 saturated heterocycles. The Morgan fingerprint density at radius 2 is 2.38 bits per heavy atom. The van der Waals surface area contributed by atoms with Crippen LogP contribution in [0.4, 0.5) is 0 Å². The van der Waals surface area contributed by atoms with E-state index in [1.54, 1.807) is 6.92 Å². The Morgan fingerprint density at radius 1 is 1.62 bits per heavy atom. The van der Waals surface area contributed by atoms with E-state index in [1.807, 2.05) is 0 Å². The molecule has 1 aromatic heterocycles. The molecule has 0 bridgehead atoms. The van der Waals surface area contributed by atoms with Crippen LogP contribution >= 0.6 is 0 Å². The summed E-state index contributed by atoms with van der Waals surface area (Å²) < 4.78 is 4.61. The maximum atomic E-state index is 11.2. The Kier molecular flexibility index (Phi) is 3.19. The summed E-state index contributed by atoms with van der Waals surface area (Å²) in [5.41, 5.74) is 0.186. The largest absolute Gasteiger partial charge is 0.451 e. The van der Waals surface area contributed by atoms with Gasteiger partial charge in [0.2, 0.25) is 5.91 Å². The molecule has 1 rings (SSSR count). The Hall–Kier alpha value is -1.65. The van der Waals surface area contributed by atoms with Crippen molar-refractivity contribution in [1.29, 1.82) is 0 Å². The molecule has 1 aromatic rings. The molecule has 70 valence electrons. The molecule has 0 aliphatic heterocycles. The number of ketones is 1. The van der Waals surface area contributed by atoms with Crippen LogP contribution in [-0.4, -0.2) is 23.2 Å². The fourth-order valence-corrected chi connectivity index (χ4v) is 0.846. The van der Waals surface area contributed by atoms with E-state index in [2.05, 4.69) is 14.7 Å². The average molecular weight is 182 g/mol. The van der Waals surface area contributed by atoms with Gasteiger partial charge >= 0.3 is 0 Å². The number of amides is 1. The summed E-state index contributed by atoms with van der Waals surface area (Å²) in [6.07, 6.45) is 2.20. The lowest BCUT2D eigenvalue weighted by molar-refractivity contribution is -0.120. The minimum Gasteiger partial charge on any atom is -0.451 e. The zero-order chi connectivity index (χ0) is 9.68. The first-order valence-electron chi connectivity index (χ1n) is 3.92. The molecular weight excluding hydrogens is 172 g/mol. The minimum absolute atomic E-state index is 0.180. The van der Waals surface area contributed by atoms with Gasteiger partial charge < -0.3 is 9.73 Å². The van der Waals surface area contributed by atoms with Crippen molar-refractivity contribution in [3.8, 4) is 0 Å². The smallest absolute Gasteiger partial charge is 0.227 e. The molecule has 0 fully saturated rings. The van der Waals surface area contributed by atoms with Crippen molar-refractivity contribution in [2.24, 2.45) is 0 Å². The first kappa shape index (κ1) is 9.44. The monoisotopic (exact) mass is 182 g/mol. The summed E-state index contributed by atoms with van der Waals surface area (Å²) in [7, 11) is 0. The van der Waals surface area contributed by atoms with Crippen molar-refractivity contribution >= 4 is 11.7 Å². The molecule has 1 N–H and O–H groups in total. The molecule has 5 nitrogen and oxygen atoms in total.